The molecule has 0 saturated heterocycles. The van der Waals surface area contributed by atoms with Crippen LogP contribution in [0.2, 0.25) is 0 Å². The van der Waals surface area contributed by atoms with E-state index in [0.29, 0.717) is 35.7 Å². The van der Waals surface area contributed by atoms with Gasteiger partial charge in [0.05, 0.1) is 12.2 Å². The fraction of sp³-hybridized carbons (Fsp3) is 0.250. The highest BCUT2D eigenvalue weighted by Crippen LogP contribution is 2.24. The topological polar surface area (TPSA) is 79.5 Å². The first-order chi connectivity index (χ1) is 17.5. The number of benzene rings is 3. The van der Waals surface area contributed by atoms with Crippen LogP contribution in [0.3, 0.4) is 0 Å². The number of amides is 2. The average Bonchev–Trinajstić information content (AvgIpc) is 2.88. The second-order valence-electron chi connectivity index (χ2n) is 8.20. The molecule has 0 unspecified atom stereocenters. The van der Waals surface area contributed by atoms with E-state index in [1.807, 2.05) is 36.4 Å². The van der Waals surface area contributed by atoms with Crippen molar-refractivity contribution in [3.05, 3.63) is 94.0 Å². The molecule has 0 radical (unpaired) electrons. The molecule has 0 fully saturated rings. The molecule has 3 aromatic carbocycles. The van der Waals surface area contributed by atoms with Crippen molar-refractivity contribution < 1.29 is 14.3 Å². The minimum absolute atomic E-state index is 0.148. The number of rotatable bonds is 11. The van der Waals surface area contributed by atoms with E-state index >= 15 is 0 Å². The lowest BCUT2D eigenvalue weighted by Gasteiger charge is -2.14. The minimum Gasteiger partial charge on any atom is -0.493 e. The van der Waals surface area contributed by atoms with Gasteiger partial charge in [-0.1, -0.05) is 72.4 Å². The number of nitrogens with one attached hydrogen (secondary N) is 3. The summed E-state index contributed by atoms with van der Waals surface area (Å²) in [7, 11) is 0. The van der Waals surface area contributed by atoms with Gasteiger partial charge in [-0.05, 0) is 66.7 Å². The Morgan fingerprint density at radius 3 is 2.39 bits per heavy atom. The van der Waals surface area contributed by atoms with Gasteiger partial charge in [0.1, 0.15) is 5.75 Å². The number of thiocarbonyl (C=S) groups is 1. The van der Waals surface area contributed by atoms with Crippen molar-refractivity contribution in [3.8, 4) is 5.75 Å². The molecule has 3 N–H and O–H groups in total. The van der Waals surface area contributed by atoms with Gasteiger partial charge in [0.2, 0.25) is 0 Å². The maximum atomic E-state index is 12.9. The molecule has 3 aromatic rings. The SMILES string of the molecule is CCCCCCOc1ccc(Br)cc1C(=O)NC(=S)Nc1ccc(C(=O)NCc2ccccc2)cc1. The second-order valence-corrected chi connectivity index (χ2v) is 9.53. The van der Waals surface area contributed by atoms with Gasteiger partial charge in [0.25, 0.3) is 11.8 Å². The summed E-state index contributed by atoms with van der Waals surface area (Å²) in [4.78, 5) is 25.3. The molecular formula is C28H30BrN3O3S. The molecule has 36 heavy (non-hydrogen) atoms. The first-order valence-electron chi connectivity index (χ1n) is 11.9. The Balaban J connectivity index is 1.52. The van der Waals surface area contributed by atoms with Crippen LogP contribution in [0.25, 0.3) is 0 Å². The summed E-state index contributed by atoms with van der Waals surface area (Å²) in [5.74, 6) is -0.0201. The zero-order chi connectivity index (χ0) is 25.8. The molecule has 3 rings (SSSR count). The molecule has 0 heterocycles. The Morgan fingerprint density at radius 1 is 0.917 bits per heavy atom. The molecule has 0 aliphatic carbocycles. The molecule has 0 aromatic heterocycles. The maximum absolute atomic E-state index is 12.9. The van der Waals surface area contributed by atoms with Crippen LogP contribution < -0.4 is 20.7 Å². The number of hydrogen-bond acceptors (Lipinski definition) is 4. The van der Waals surface area contributed by atoms with Gasteiger partial charge in [-0.3, -0.25) is 14.9 Å². The molecule has 188 valence electrons. The van der Waals surface area contributed by atoms with Crippen LogP contribution in [0.15, 0.2) is 77.3 Å². The third-order valence-corrected chi connectivity index (χ3v) is 6.07. The van der Waals surface area contributed by atoms with Crippen LogP contribution in [-0.4, -0.2) is 23.5 Å². The van der Waals surface area contributed by atoms with E-state index in [0.717, 1.165) is 35.7 Å². The molecule has 2 amide bonds. The molecule has 0 aliphatic heterocycles. The van der Waals surface area contributed by atoms with Crippen molar-refractivity contribution >= 4 is 50.8 Å². The summed E-state index contributed by atoms with van der Waals surface area (Å²) in [5, 5.41) is 8.73. The Bertz CT molecular complexity index is 1170. The predicted octanol–water partition coefficient (Wildman–Crippen LogP) is 6.47. The van der Waals surface area contributed by atoms with E-state index in [1.165, 1.54) is 0 Å². The van der Waals surface area contributed by atoms with Gasteiger partial charge in [0.15, 0.2) is 5.11 Å². The quantitative estimate of drug-likeness (QED) is 0.183. The van der Waals surface area contributed by atoms with Crippen LogP contribution in [0.4, 0.5) is 5.69 Å². The molecule has 6 nitrogen and oxygen atoms in total. The summed E-state index contributed by atoms with van der Waals surface area (Å²) in [6.07, 6.45) is 4.35. The van der Waals surface area contributed by atoms with Crippen molar-refractivity contribution in [1.82, 2.24) is 10.6 Å². The van der Waals surface area contributed by atoms with Gasteiger partial charge >= 0.3 is 0 Å². The van der Waals surface area contributed by atoms with Gasteiger partial charge in [-0.2, -0.15) is 0 Å². The summed E-state index contributed by atoms with van der Waals surface area (Å²) >= 11 is 8.74. The standard InChI is InChI=1S/C28H30BrN3O3S/c1-2-3-4-8-17-35-25-16-13-22(29)18-24(25)27(34)32-28(36)31-23-14-11-21(12-15-23)26(33)30-19-20-9-6-5-7-10-20/h5-7,9-16,18H,2-4,8,17,19H2,1H3,(H,30,33)(H2,31,32,34,36). The van der Waals surface area contributed by atoms with Crippen LogP contribution >= 0.6 is 28.1 Å². The molecule has 0 aliphatic rings. The van der Waals surface area contributed by atoms with E-state index in [2.05, 4.69) is 38.8 Å². The van der Waals surface area contributed by atoms with E-state index in [-0.39, 0.29) is 16.9 Å². The third-order valence-electron chi connectivity index (χ3n) is 5.37. The molecule has 0 spiro atoms. The predicted molar refractivity (Wildman–Crippen MR) is 152 cm³/mol. The molecule has 0 saturated carbocycles. The average molecular weight is 569 g/mol. The minimum atomic E-state index is -0.366. The van der Waals surface area contributed by atoms with Crippen molar-refractivity contribution in [1.29, 1.82) is 0 Å². The number of carbonyl (C=O) groups excluding carboxylic acids is 2. The van der Waals surface area contributed by atoms with Crippen molar-refractivity contribution in [3.63, 3.8) is 0 Å². The Hall–Kier alpha value is -3.23. The summed E-state index contributed by atoms with van der Waals surface area (Å²) in [6, 6.07) is 21.9. The Kier molecular flexibility index (Phi) is 10.9. The number of halogens is 1. The maximum Gasteiger partial charge on any atom is 0.261 e. The van der Waals surface area contributed by atoms with Gasteiger partial charge in [-0.25, -0.2) is 0 Å². The lowest BCUT2D eigenvalue weighted by atomic mass is 10.1. The lowest BCUT2D eigenvalue weighted by molar-refractivity contribution is 0.0948. The molecular weight excluding hydrogens is 538 g/mol. The Labute approximate surface area is 226 Å². The fourth-order valence-corrected chi connectivity index (χ4v) is 4.01. The van der Waals surface area contributed by atoms with E-state index in [4.69, 9.17) is 17.0 Å². The second kappa shape index (κ2) is 14.4. The van der Waals surface area contributed by atoms with Crippen LogP contribution in [0.1, 0.15) is 58.9 Å². The first kappa shape index (κ1) is 27.4. The molecule has 0 atom stereocenters. The largest absolute Gasteiger partial charge is 0.493 e. The van der Waals surface area contributed by atoms with Crippen molar-refractivity contribution in [2.75, 3.05) is 11.9 Å². The summed E-state index contributed by atoms with van der Waals surface area (Å²) < 4.78 is 6.63. The number of ether oxygens (including phenoxy) is 1. The third kappa shape index (κ3) is 8.77. The summed E-state index contributed by atoms with van der Waals surface area (Å²) in [6.45, 7) is 3.17. The first-order valence-corrected chi connectivity index (χ1v) is 13.1. The highest BCUT2D eigenvalue weighted by Gasteiger charge is 2.15. The van der Waals surface area contributed by atoms with Gasteiger partial charge in [0, 0.05) is 22.3 Å². The number of hydrogen-bond donors (Lipinski definition) is 3. The van der Waals surface area contributed by atoms with Crippen molar-refractivity contribution in [2.24, 2.45) is 0 Å². The summed E-state index contributed by atoms with van der Waals surface area (Å²) in [5.41, 5.74) is 2.61. The zero-order valence-corrected chi connectivity index (χ0v) is 22.6. The highest BCUT2D eigenvalue weighted by molar-refractivity contribution is 9.10. The van der Waals surface area contributed by atoms with Gasteiger partial charge in [-0.15, -0.1) is 0 Å². The van der Waals surface area contributed by atoms with E-state index in [9.17, 15) is 9.59 Å². The van der Waals surface area contributed by atoms with Crippen LogP contribution in [-0.2, 0) is 6.54 Å². The number of anilines is 1. The van der Waals surface area contributed by atoms with Crippen molar-refractivity contribution in [2.45, 2.75) is 39.2 Å². The van der Waals surface area contributed by atoms with Crippen LogP contribution in [0.5, 0.6) is 5.75 Å². The smallest absolute Gasteiger partial charge is 0.261 e. The van der Waals surface area contributed by atoms with E-state index < -0.39 is 0 Å². The molecule has 8 heteroatoms. The highest BCUT2D eigenvalue weighted by atomic mass is 79.9. The monoisotopic (exact) mass is 567 g/mol. The van der Waals surface area contributed by atoms with E-state index in [1.54, 1.807) is 36.4 Å². The van der Waals surface area contributed by atoms with Gasteiger partial charge < -0.3 is 15.4 Å². The molecule has 0 bridgehead atoms. The number of carbonyl (C=O) groups is 2. The normalized spacial score (nSPS) is 10.4. The van der Waals surface area contributed by atoms with Crippen LogP contribution in [0, 0.1) is 0 Å². The number of unbranched alkanes of at least 4 members (excludes halogenated alkanes) is 3. The fourth-order valence-electron chi connectivity index (χ4n) is 3.43. The Morgan fingerprint density at radius 2 is 1.67 bits per heavy atom. The zero-order valence-electron chi connectivity index (χ0n) is 20.2. The lowest BCUT2D eigenvalue weighted by Crippen LogP contribution is -2.34.